The maximum Gasteiger partial charge on any atom is 0.312 e. The van der Waals surface area contributed by atoms with Crippen molar-refractivity contribution >= 4 is 11.5 Å². The highest BCUT2D eigenvalue weighted by molar-refractivity contribution is 5.58. The van der Waals surface area contributed by atoms with Crippen LogP contribution in [0.25, 0.3) is 0 Å². The third-order valence-corrected chi connectivity index (χ3v) is 3.36. The fraction of sp³-hybridized carbons (Fsp3) is 0.538. The molecule has 1 aromatic heterocycles. The Bertz CT molecular complexity index is 520. The summed E-state index contributed by atoms with van der Waals surface area (Å²) in [5.74, 6) is 0.228. The summed E-state index contributed by atoms with van der Waals surface area (Å²) in [7, 11) is 0. The van der Waals surface area contributed by atoms with Crippen molar-refractivity contribution < 1.29 is 4.92 Å². The van der Waals surface area contributed by atoms with Crippen LogP contribution >= 0.6 is 0 Å². The molecule has 20 heavy (non-hydrogen) atoms. The van der Waals surface area contributed by atoms with E-state index in [1.165, 1.54) is 31.5 Å². The van der Waals surface area contributed by atoms with Crippen molar-refractivity contribution in [3.05, 3.63) is 27.9 Å². The molecule has 1 fully saturated rings. The minimum absolute atomic E-state index is 0.150. The largest absolute Gasteiger partial charge is 0.363 e. The zero-order valence-corrected chi connectivity index (χ0v) is 11.2. The normalized spacial score (nSPS) is 15.6. The van der Waals surface area contributed by atoms with E-state index in [2.05, 4.69) is 15.2 Å². The maximum atomic E-state index is 11.0. The molecule has 7 nitrogen and oxygen atoms in total. The number of nitriles is 1. The number of nitrogens with one attached hydrogen (secondary N) is 1. The monoisotopic (exact) mass is 275 g/mol. The van der Waals surface area contributed by atoms with Crippen LogP contribution in [0.5, 0.6) is 0 Å². The predicted molar refractivity (Wildman–Crippen MR) is 74.4 cm³/mol. The van der Waals surface area contributed by atoms with Crippen LogP contribution in [0.15, 0.2) is 12.3 Å². The van der Waals surface area contributed by atoms with Gasteiger partial charge in [-0.2, -0.15) is 5.26 Å². The topological polar surface area (TPSA) is 95.1 Å². The molecular weight excluding hydrogens is 258 g/mol. The van der Waals surface area contributed by atoms with Crippen LogP contribution in [0, 0.1) is 21.4 Å². The van der Waals surface area contributed by atoms with Crippen LogP contribution < -0.4 is 5.32 Å². The second-order valence-corrected chi connectivity index (χ2v) is 4.79. The Morgan fingerprint density at radius 3 is 2.85 bits per heavy atom. The second-order valence-electron chi connectivity index (χ2n) is 4.79. The standard InChI is InChI=1S/C13H17N5O2/c14-9-11-8-12(18(19)20)13(16-10-11)15-4-7-17-5-2-1-3-6-17/h8,10H,1-7H2,(H,15,16). The van der Waals surface area contributed by atoms with Crippen molar-refractivity contribution in [1.29, 1.82) is 5.26 Å². The number of aromatic nitrogens is 1. The molecule has 0 radical (unpaired) electrons. The Hall–Kier alpha value is -2.20. The molecule has 0 unspecified atom stereocenters. The molecule has 0 bridgehead atoms. The number of likely N-dealkylation sites (tertiary alicyclic amines) is 1. The minimum Gasteiger partial charge on any atom is -0.363 e. The maximum absolute atomic E-state index is 11.0. The van der Waals surface area contributed by atoms with Gasteiger partial charge in [-0.05, 0) is 25.9 Å². The molecule has 1 N–H and O–H groups in total. The molecule has 2 rings (SSSR count). The third-order valence-electron chi connectivity index (χ3n) is 3.36. The van der Waals surface area contributed by atoms with Crippen LogP contribution in [0.3, 0.4) is 0 Å². The van der Waals surface area contributed by atoms with Gasteiger partial charge in [-0.3, -0.25) is 10.1 Å². The van der Waals surface area contributed by atoms with E-state index < -0.39 is 4.92 Å². The summed E-state index contributed by atoms with van der Waals surface area (Å²) in [6, 6.07) is 3.10. The molecule has 1 aromatic rings. The fourth-order valence-electron chi connectivity index (χ4n) is 2.31. The first-order valence-corrected chi connectivity index (χ1v) is 6.71. The number of pyridine rings is 1. The van der Waals surface area contributed by atoms with E-state index in [4.69, 9.17) is 5.26 Å². The number of anilines is 1. The van der Waals surface area contributed by atoms with Crippen LogP contribution in [-0.4, -0.2) is 41.0 Å². The lowest BCUT2D eigenvalue weighted by molar-refractivity contribution is -0.384. The summed E-state index contributed by atoms with van der Waals surface area (Å²) >= 11 is 0. The van der Waals surface area contributed by atoms with Crippen molar-refractivity contribution in [3.8, 4) is 6.07 Å². The van der Waals surface area contributed by atoms with Gasteiger partial charge in [0, 0.05) is 25.4 Å². The quantitative estimate of drug-likeness (QED) is 0.650. The lowest BCUT2D eigenvalue weighted by Crippen LogP contribution is -2.33. The number of hydrogen-bond donors (Lipinski definition) is 1. The molecule has 1 saturated heterocycles. The summed E-state index contributed by atoms with van der Waals surface area (Å²) in [6.07, 6.45) is 5.06. The van der Waals surface area contributed by atoms with Crippen molar-refractivity contribution in [2.45, 2.75) is 19.3 Å². The lowest BCUT2D eigenvalue weighted by atomic mass is 10.1. The molecule has 7 heteroatoms. The van der Waals surface area contributed by atoms with E-state index in [1.54, 1.807) is 0 Å². The van der Waals surface area contributed by atoms with Crippen molar-refractivity contribution in [2.75, 3.05) is 31.5 Å². The molecule has 0 spiro atoms. The van der Waals surface area contributed by atoms with E-state index in [1.807, 2.05) is 6.07 Å². The smallest absolute Gasteiger partial charge is 0.312 e. The lowest BCUT2D eigenvalue weighted by Gasteiger charge is -2.26. The Balaban J connectivity index is 1.94. The average molecular weight is 275 g/mol. The number of nitro groups is 1. The summed E-state index contributed by atoms with van der Waals surface area (Å²) in [5, 5.41) is 22.7. The molecule has 0 aliphatic carbocycles. The molecule has 1 aliphatic heterocycles. The minimum atomic E-state index is -0.517. The van der Waals surface area contributed by atoms with Crippen LogP contribution in [0.4, 0.5) is 11.5 Å². The van der Waals surface area contributed by atoms with Crippen molar-refractivity contribution in [3.63, 3.8) is 0 Å². The Morgan fingerprint density at radius 1 is 1.45 bits per heavy atom. The fourth-order valence-corrected chi connectivity index (χ4v) is 2.31. The van der Waals surface area contributed by atoms with Gasteiger partial charge in [-0.25, -0.2) is 4.98 Å². The number of piperidine rings is 1. The Labute approximate surface area is 117 Å². The number of hydrogen-bond acceptors (Lipinski definition) is 6. The zero-order valence-electron chi connectivity index (χ0n) is 11.2. The van der Waals surface area contributed by atoms with Gasteiger partial charge in [-0.15, -0.1) is 0 Å². The first-order valence-electron chi connectivity index (χ1n) is 6.71. The zero-order chi connectivity index (χ0) is 14.4. The summed E-state index contributed by atoms with van der Waals surface area (Å²) < 4.78 is 0. The van der Waals surface area contributed by atoms with Crippen molar-refractivity contribution in [1.82, 2.24) is 9.88 Å². The molecule has 0 atom stereocenters. The van der Waals surface area contributed by atoms with E-state index >= 15 is 0 Å². The van der Waals surface area contributed by atoms with Gasteiger partial charge in [0.15, 0.2) is 0 Å². The summed E-state index contributed by atoms with van der Waals surface area (Å²) in [6.45, 7) is 3.63. The molecule has 0 amide bonds. The first kappa shape index (κ1) is 14.2. The highest BCUT2D eigenvalue weighted by Gasteiger charge is 2.16. The molecule has 2 heterocycles. The van der Waals surface area contributed by atoms with Crippen molar-refractivity contribution in [2.24, 2.45) is 0 Å². The molecule has 1 aliphatic rings. The van der Waals surface area contributed by atoms with Gasteiger partial charge in [-0.1, -0.05) is 6.42 Å². The van der Waals surface area contributed by atoms with E-state index in [0.717, 1.165) is 19.6 Å². The van der Waals surface area contributed by atoms with Crippen LogP contribution in [0.2, 0.25) is 0 Å². The Kier molecular flexibility index (Phi) is 4.85. The average Bonchev–Trinajstić information content (AvgIpc) is 2.48. The number of rotatable bonds is 5. The van der Waals surface area contributed by atoms with Gasteiger partial charge in [0.05, 0.1) is 10.5 Å². The Morgan fingerprint density at radius 2 is 2.20 bits per heavy atom. The van der Waals surface area contributed by atoms with Gasteiger partial charge >= 0.3 is 5.69 Å². The van der Waals surface area contributed by atoms with Gasteiger partial charge < -0.3 is 10.2 Å². The van der Waals surface area contributed by atoms with E-state index in [9.17, 15) is 10.1 Å². The van der Waals surface area contributed by atoms with Gasteiger partial charge in [0.1, 0.15) is 6.07 Å². The molecule has 106 valence electrons. The highest BCUT2D eigenvalue weighted by atomic mass is 16.6. The van der Waals surface area contributed by atoms with Crippen LogP contribution in [0.1, 0.15) is 24.8 Å². The first-order chi connectivity index (χ1) is 9.70. The molecule has 0 saturated carbocycles. The molecular formula is C13H17N5O2. The SMILES string of the molecule is N#Cc1cnc(NCCN2CCCCC2)c([N+](=O)[O-])c1. The third kappa shape index (κ3) is 3.65. The second kappa shape index (κ2) is 6.82. The predicted octanol–water partition coefficient (Wildman–Crippen LogP) is 1.76. The molecule has 0 aromatic carbocycles. The van der Waals surface area contributed by atoms with E-state index in [-0.39, 0.29) is 17.1 Å². The van der Waals surface area contributed by atoms with E-state index in [0.29, 0.717) is 6.54 Å². The number of nitrogens with zero attached hydrogens (tertiary/aromatic N) is 4. The highest BCUT2D eigenvalue weighted by Crippen LogP contribution is 2.22. The van der Waals surface area contributed by atoms with Gasteiger partial charge in [0.2, 0.25) is 5.82 Å². The van der Waals surface area contributed by atoms with Crippen LogP contribution in [-0.2, 0) is 0 Å². The summed E-state index contributed by atoms with van der Waals surface area (Å²) in [5.41, 5.74) is 0.0426. The summed E-state index contributed by atoms with van der Waals surface area (Å²) in [4.78, 5) is 16.7. The van der Waals surface area contributed by atoms with Gasteiger partial charge in [0.25, 0.3) is 0 Å².